The molecule has 12 heavy (non-hydrogen) atoms. The molecule has 0 radical (unpaired) electrons. The van der Waals surface area contributed by atoms with Gasteiger partial charge >= 0.3 is 0 Å². The van der Waals surface area contributed by atoms with Gasteiger partial charge in [0.05, 0.1) is 13.2 Å². The number of nitrogens with one attached hydrogen (secondary N) is 1. The minimum atomic E-state index is 0.889. The molecule has 0 amide bonds. The van der Waals surface area contributed by atoms with Crippen LogP contribution in [0.2, 0.25) is 0 Å². The fraction of sp³-hybridized carbons (Fsp3) is 1.00. The summed E-state index contributed by atoms with van der Waals surface area (Å²) >= 11 is 4.05. The van der Waals surface area contributed by atoms with Gasteiger partial charge in [-0.1, -0.05) is 19.8 Å². The zero-order valence-corrected chi connectivity index (χ0v) is 8.91. The molecule has 0 atom stereocenters. The first-order valence-electron chi connectivity index (χ1n) is 4.81. The highest BCUT2D eigenvalue weighted by atomic mass is 32.1. The number of thiol groups is 1. The molecule has 0 bridgehead atoms. The summed E-state index contributed by atoms with van der Waals surface area (Å²) in [6.07, 6.45) is 3.92. The van der Waals surface area contributed by atoms with Gasteiger partial charge in [0, 0.05) is 13.1 Å². The lowest BCUT2D eigenvalue weighted by Gasteiger charge is -2.10. The highest BCUT2D eigenvalue weighted by Gasteiger charge is 1.92. The van der Waals surface area contributed by atoms with Crippen molar-refractivity contribution in [1.29, 1.82) is 0 Å². The molecule has 0 saturated carbocycles. The van der Waals surface area contributed by atoms with Crippen molar-refractivity contribution in [2.75, 3.05) is 32.1 Å². The van der Waals surface area contributed by atoms with E-state index in [1.54, 1.807) is 0 Å². The normalized spacial score (nSPS) is 16.5. The Morgan fingerprint density at radius 1 is 1.25 bits per heavy atom. The highest BCUT2D eigenvalue weighted by molar-refractivity contribution is 7.80. The van der Waals surface area contributed by atoms with Gasteiger partial charge in [0.15, 0.2) is 0 Å². The number of rotatable bonds is 3. The average Bonchev–Trinajstić information content (AvgIpc) is 2.18. The molecule has 1 aliphatic heterocycles. The Labute approximate surface area is 81.5 Å². The maximum absolute atomic E-state index is 5.01. The number of hydrogen-bond donors (Lipinski definition) is 2. The van der Waals surface area contributed by atoms with E-state index in [1.807, 2.05) is 0 Å². The van der Waals surface area contributed by atoms with E-state index in [0.717, 1.165) is 32.1 Å². The maximum Gasteiger partial charge on any atom is 0.0591 e. The van der Waals surface area contributed by atoms with Crippen LogP contribution in [-0.2, 0) is 4.74 Å². The molecule has 0 aromatic carbocycles. The summed E-state index contributed by atoms with van der Waals surface area (Å²) in [5, 5.41) is 3.16. The molecule has 1 aliphatic rings. The van der Waals surface area contributed by atoms with Crippen molar-refractivity contribution in [3.63, 3.8) is 0 Å². The van der Waals surface area contributed by atoms with Crippen molar-refractivity contribution in [2.24, 2.45) is 0 Å². The van der Waals surface area contributed by atoms with Gasteiger partial charge in [-0.2, -0.15) is 12.6 Å². The van der Waals surface area contributed by atoms with E-state index in [1.165, 1.54) is 19.3 Å². The molecule has 0 unspecified atom stereocenters. The second kappa shape index (κ2) is 11.3. The number of hydrogen-bond acceptors (Lipinski definition) is 3. The topological polar surface area (TPSA) is 21.3 Å². The van der Waals surface area contributed by atoms with Gasteiger partial charge in [0.2, 0.25) is 0 Å². The third-order valence-electron chi connectivity index (χ3n) is 1.61. The summed E-state index contributed by atoms with van der Waals surface area (Å²) in [5.74, 6) is 1.05. The van der Waals surface area contributed by atoms with Crippen LogP contribution < -0.4 is 5.32 Å². The first kappa shape index (κ1) is 12.3. The summed E-state index contributed by atoms with van der Waals surface area (Å²) in [6, 6.07) is 0. The van der Waals surface area contributed by atoms with Crippen LogP contribution in [0.1, 0.15) is 26.2 Å². The van der Waals surface area contributed by atoms with E-state index in [-0.39, 0.29) is 0 Å². The molecular weight excluding hydrogens is 170 g/mol. The largest absolute Gasteiger partial charge is 0.379 e. The van der Waals surface area contributed by atoms with Crippen LogP contribution in [0, 0.1) is 0 Å². The molecule has 2 nitrogen and oxygen atoms in total. The van der Waals surface area contributed by atoms with Crippen molar-refractivity contribution >= 4 is 12.6 Å². The predicted molar refractivity (Wildman–Crippen MR) is 57.1 cm³/mol. The van der Waals surface area contributed by atoms with Gasteiger partial charge in [0.1, 0.15) is 0 Å². The lowest BCUT2D eigenvalue weighted by atomic mass is 10.3. The third kappa shape index (κ3) is 10.3. The molecule has 1 fully saturated rings. The second-order valence-corrected chi connectivity index (χ2v) is 3.24. The van der Waals surface area contributed by atoms with Gasteiger partial charge in [-0.15, -0.1) is 0 Å². The van der Waals surface area contributed by atoms with Crippen LogP contribution in [0.4, 0.5) is 0 Å². The summed E-state index contributed by atoms with van der Waals surface area (Å²) < 4.78 is 5.01. The van der Waals surface area contributed by atoms with Gasteiger partial charge in [-0.25, -0.2) is 0 Å². The smallest absolute Gasteiger partial charge is 0.0591 e. The Balaban J connectivity index is 0.000000202. The lowest BCUT2D eigenvalue weighted by Crippen LogP contribution is -2.30. The molecule has 74 valence electrons. The zero-order chi connectivity index (χ0) is 9.07. The SMILES string of the molecule is C1COCCN1.CCCCCS. The monoisotopic (exact) mass is 191 g/mol. The van der Waals surface area contributed by atoms with Crippen molar-refractivity contribution in [3.05, 3.63) is 0 Å². The van der Waals surface area contributed by atoms with Crippen LogP contribution in [0.3, 0.4) is 0 Å². The van der Waals surface area contributed by atoms with Crippen molar-refractivity contribution in [1.82, 2.24) is 5.32 Å². The molecule has 0 aromatic heterocycles. The lowest BCUT2D eigenvalue weighted by molar-refractivity contribution is 0.109. The fourth-order valence-corrected chi connectivity index (χ4v) is 1.10. The van der Waals surface area contributed by atoms with Gasteiger partial charge < -0.3 is 10.1 Å². The van der Waals surface area contributed by atoms with Crippen LogP contribution in [0.25, 0.3) is 0 Å². The van der Waals surface area contributed by atoms with Crippen LogP contribution in [0.15, 0.2) is 0 Å². The first-order chi connectivity index (χ1) is 5.91. The number of unbranched alkanes of at least 4 members (excludes halogenated alkanes) is 2. The molecule has 0 aromatic rings. The molecule has 3 heteroatoms. The van der Waals surface area contributed by atoms with E-state index >= 15 is 0 Å². The van der Waals surface area contributed by atoms with Gasteiger partial charge in [-0.3, -0.25) is 0 Å². The molecular formula is C9H21NOS. The first-order valence-corrected chi connectivity index (χ1v) is 5.44. The van der Waals surface area contributed by atoms with E-state index in [0.29, 0.717) is 0 Å². The van der Waals surface area contributed by atoms with Gasteiger partial charge in [0.25, 0.3) is 0 Å². The van der Waals surface area contributed by atoms with E-state index in [9.17, 15) is 0 Å². The fourth-order valence-electron chi connectivity index (χ4n) is 0.878. The maximum atomic E-state index is 5.01. The summed E-state index contributed by atoms with van der Waals surface area (Å²) in [4.78, 5) is 0. The Morgan fingerprint density at radius 3 is 2.08 bits per heavy atom. The highest BCUT2D eigenvalue weighted by Crippen LogP contribution is 1.93. The quantitative estimate of drug-likeness (QED) is 0.523. The van der Waals surface area contributed by atoms with Crippen LogP contribution in [-0.4, -0.2) is 32.1 Å². The van der Waals surface area contributed by atoms with Crippen molar-refractivity contribution < 1.29 is 4.74 Å². The summed E-state index contributed by atoms with van der Waals surface area (Å²) in [6.45, 7) is 6.03. The Hall–Kier alpha value is 0.270. The molecule has 0 aliphatic carbocycles. The minimum Gasteiger partial charge on any atom is -0.379 e. The van der Waals surface area contributed by atoms with E-state index in [2.05, 4.69) is 24.9 Å². The van der Waals surface area contributed by atoms with Crippen LogP contribution in [0.5, 0.6) is 0 Å². The number of morpholine rings is 1. The minimum absolute atomic E-state index is 0.889. The molecule has 1 N–H and O–H groups in total. The van der Waals surface area contributed by atoms with Crippen molar-refractivity contribution in [2.45, 2.75) is 26.2 Å². The summed E-state index contributed by atoms with van der Waals surface area (Å²) in [7, 11) is 0. The molecule has 1 heterocycles. The average molecular weight is 191 g/mol. The molecule has 1 saturated heterocycles. The Bertz CT molecular complexity index is 61.4. The third-order valence-corrected chi connectivity index (χ3v) is 1.92. The molecule has 1 rings (SSSR count). The Kier molecular flexibility index (Phi) is 11.5. The Morgan fingerprint density at radius 2 is 1.92 bits per heavy atom. The summed E-state index contributed by atoms with van der Waals surface area (Å²) in [5.41, 5.74) is 0. The number of ether oxygens (including phenoxy) is 1. The predicted octanol–water partition coefficient (Wildman–Crippen LogP) is 1.71. The van der Waals surface area contributed by atoms with E-state index in [4.69, 9.17) is 4.74 Å². The van der Waals surface area contributed by atoms with Crippen molar-refractivity contribution in [3.8, 4) is 0 Å². The van der Waals surface area contributed by atoms with Crippen LogP contribution >= 0.6 is 12.6 Å². The van der Waals surface area contributed by atoms with Gasteiger partial charge in [-0.05, 0) is 12.2 Å². The second-order valence-electron chi connectivity index (χ2n) is 2.79. The zero-order valence-electron chi connectivity index (χ0n) is 8.01. The van der Waals surface area contributed by atoms with E-state index < -0.39 is 0 Å². The standard InChI is InChI=1S/C5H12S.C4H9NO/c1-2-3-4-5-6;1-3-6-4-2-5-1/h6H,2-5H2,1H3;5H,1-4H2. The molecule has 0 spiro atoms.